The minimum absolute atomic E-state index is 0.0200. The van der Waals surface area contributed by atoms with Crippen molar-refractivity contribution in [1.29, 1.82) is 0 Å². The summed E-state index contributed by atoms with van der Waals surface area (Å²) >= 11 is 0. The number of aliphatic hydroxyl groups excluding tert-OH is 1. The predicted molar refractivity (Wildman–Crippen MR) is 266 cm³/mol. The molecular weight excluding hydrogens is 811 g/mol. The molecule has 2 saturated heterocycles. The number of aromatic nitrogens is 2. The maximum absolute atomic E-state index is 13.8. The Balaban J connectivity index is 1.20. The molecule has 10 heteroatoms. The average molecular weight is 892 g/mol. The summed E-state index contributed by atoms with van der Waals surface area (Å²) in [4.78, 5) is 34.6. The van der Waals surface area contributed by atoms with Crippen LogP contribution in [0.1, 0.15) is 160 Å². The number of carbonyl (C=O) groups excluding carboxylic acids is 2. The van der Waals surface area contributed by atoms with Gasteiger partial charge < -0.3 is 40.9 Å². The van der Waals surface area contributed by atoms with Gasteiger partial charge in [-0.2, -0.15) is 0 Å². The Labute approximate surface area is 389 Å². The lowest BCUT2D eigenvalue weighted by molar-refractivity contribution is -0.144. The van der Waals surface area contributed by atoms with Crippen LogP contribution in [0.5, 0.6) is 0 Å². The summed E-state index contributed by atoms with van der Waals surface area (Å²) in [6, 6.07) is -0.571. The van der Waals surface area contributed by atoms with Gasteiger partial charge in [-0.05, 0) is 130 Å². The molecule has 3 aliphatic heterocycles. The number of hydrogen-bond donors (Lipinski definition) is 6. The monoisotopic (exact) mass is 892 g/mol. The fourth-order valence-electron chi connectivity index (χ4n) is 11.2. The molecule has 2 fully saturated rings. The third-order valence-corrected chi connectivity index (χ3v) is 15.3. The molecule has 356 valence electrons. The Morgan fingerprint density at radius 1 is 0.954 bits per heavy atom. The van der Waals surface area contributed by atoms with Crippen molar-refractivity contribution in [2.24, 2.45) is 41.2 Å². The molecule has 10 nitrogen and oxygen atoms in total. The first-order valence-electron chi connectivity index (χ1n) is 24.8. The molecule has 65 heavy (non-hydrogen) atoms. The standard InChI is InChI=1S/C55H81N5O5/c1-13-38-35(8)41-28-43-37(10)40(24-25-47(61)65-27-26-34(7)23-17-22-33(6)21-16-20-32(5)19-15-18-31(3)4)51(59-43)48-49(54(63)64-12)53(62)50-52(48)60-46(55(50,11)56)30-45-39(14-2)36(9)42(58-45)29-44(38)57-41/h13,26,28-33,37,40,43,49,51,57-60,62H,1,14-25,27,56H2,2-12H3/b34-26+,41-28-,44-29-,46-30-/t32-,33-,37+,40+,43?,49-,51?,55+/m1/s1. The van der Waals surface area contributed by atoms with E-state index in [-0.39, 0.29) is 42.6 Å². The molecule has 8 bridgehead atoms. The number of nitrogens with two attached hydrogens (primary N) is 1. The second-order valence-electron chi connectivity index (χ2n) is 20.7. The first kappa shape index (κ1) is 49.9. The summed E-state index contributed by atoms with van der Waals surface area (Å²) < 4.78 is 11.2. The topological polar surface area (TPSA) is 154 Å². The third kappa shape index (κ3) is 10.9. The lowest BCUT2D eigenvalue weighted by Gasteiger charge is -2.28. The Morgan fingerprint density at radius 3 is 2.28 bits per heavy atom. The van der Waals surface area contributed by atoms with E-state index < -0.39 is 23.5 Å². The molecule has 2 unspecified atom stereocenters. The van der Waals surface area contributed by atoms with Crippen molar-refractivity contribution in [3.8, 4) is 0 Å². The number of rotatable bonds is 20. The zero-order valence-electron chi connectivity index (χ0n) is 41.6. The van der Waals surface area contributed by atoms with Crippen LogP contribution in [0.3, 0.4) is 0 Å². The van der Waals surface area contributed by atoms with Crippen LogP contribution in [0, 0.1) is 49.4 Å². The Kier molecular flexibility index (Phi) is 16.4. The smallest absolute Gasteiger partial charge is 0.320 e. The maximum Gasteiger partial charge on any atom is 0.320 e. The highest BCUT2D eigenvalue weighted by molar-refractivity contribution is 5.85. The zero-order valence-corrected chi connectivity index (χ0v) is 41.6. The highest BCUT2D eigenvalue weighted by atomic mass is 16.5. The molecule has 1 aliphatic carbocycles. The van der Waals surface area contributed by atoms with Crippen molar-refractivity contribution in [2.75, 3.05) is 13.7 Å². The maximum atomic E-state index is 13.8. The molecule has 4 aliphatic rings. The molecule has 0 saturated carbocycles. The fraction of sp³-hybridized carbons (Fsp3) is 0.600. The number of aromatic amines is 2. The number of nitrogens with one attached hydrogen (secondary N) is 4. The van der Waals surface area contributed by atoms with E-state index in [4.69, 9.17) is 15.2 Å². The fourth-order valence-corrected chi connectivity index (χ4v) is 11.2. The van der Waals surface area contributed by atoms with Crippen LogP contribution in [0.15, 0.2) is 46.5 Å². The van der Waals surface area contributed by atoms with Crippen LogP contribution in [0.25, 0.3) is 24.3 Å². The van der Waals surface area contributed by atoms with Crippen molar-refractivity contribution in [2.45, 2.75) is 164 Å². The van der Waals surface area contributed by atoms with Gasteiger partial charge in [-0.25, -0.2) is 0 Å². The summed E-state index contributed by atoms with van der Waals surface area (Å²) in [6.45, 7) is 26.4. The van der Waals surface area contributed by atoms with E-state index in [1.54, 1.807) is 0 Å². The van der Waals surface area contributed by atoms with Gasteiger partial charge in [-0.3, -0.25) is 9.59 Å². The number of fused-ring (bicyclic) bond motifs is 8. The number of esters is 2. The van der Waals surface area contributed by atoms with Crippen LogP contribution in [0.4, 0.5) is 0 Å². The summed E-state index contributed by atoms with van der Waals surface area (Å²) in [7, 11) is 1.34. The summed E-state index contributed by atoms with van der Waals surface area (Å²) in [5, 5.41) is 21.5. The van der Waals surface area contributed by atoms with Gasteiger partial charge in [0, 0.05) is 63.1 Å². The number of ether oxygens (including phenoxy) is 2. The van der Waals surface area contributed by atoms with Gasteiger partial charge in [0.05, 0.1) is 12.6 Å². The van der Waals surface area contributed by atoms with Gasteiger partial charge in [0.2, 0.25) is 0 Å². The minimum atomic E-state index is -1.15. The average Bonchev–Trinajstić information content (AvgIpc) is 3.98. The van der Waals surface area contributed by atoms with E-state index in [1.165, 1.54) is 57.6 Å². The van der Waals surface area contributed by atoms with Gasteiger partial charge >= 0.3 is 11.9 Å². The van der Waals surface area contributed by atoms with E-state index in [9.17, 15) is 14.7 Å². The first-order chi connectivity index (χ1) is 30.9. The number of H-pyrrole nitrogens is 2. The second kappa shape index (κ2) is 21.4. The minimum Gasteiger partial charge on any atom is -0.511 e. The van der Waals surface area contributed by atoms with Crippen LogP contribution in [-0.2, 0) is 25.5 Å². The number of aliphatic hydroxyl groups is 1. The highest BCUT2D eigenvalue weighted by Crippen LogP contribution is 2.51. The predicted octanol–water partition coefficient (Wildman–Crippen LogP) is 9.62. The van der Waals surface area contributed by atoms with Gasteiger partial charge in [0.1, 0.15) is 18.3 Å². The number of hydrogen-bond acceptors (Lipinski definition) is 8. The molecule has 5 heterocycles. The quantitative estimate of drug-likeness (QED) is 0.0568. The van der Waals surface area contributed by atoms with Crippen LogP contribution < -0.4 is 27.1 Å². The van der Waals surface area contributed by atoms with Crippen LogP contribution >= 0.6 is 0 Å². The van der Waals surface area contributed by atoms with Crippen molar-refractivity contribution in [1.82, 2.24) is 20.6 Å². The van der Waals surface area contributed by atoms with Crippen LogP contribution in [-0.4, -0.2) is 58.4 Å². The lowest BCUT2D eigenvalue weighted by Crippen LogP contribution is -2.40. The molecule has 2 aromatic heterocycles. The van der Waals surface area contributed by atoms with E-state index >= 15 is 0 Å². The summed E-state index contributed by atoms with van der Waals surface area (Å²) in [5.41, 5.74) is 16.1. The highest BCUT2D eigenvalue weighted by Gasteiger charge is 2.55. The summed E-state index contributed by atoms with van der Waals surface area (Å²) in [6.07, 6.45) is 23.2. The van der Waals surface area contributed by atoms with Gasteiger partial charge in [-0.1, -0.05) is 105 Å². The first-order valence-corrected chi connectivity index (χ1v) is 24.8. The van der Waals surface area contributed by atoms with E-state index in [2.05, 4.69) is 108 Å². The molecule has 8 atom stereocenters. The third-order valence-electron chi connectivity index (χ3n) is 15.3. The molecule has 0 spiro atoms. The number of allylic oxidation sites excluding steroid dienone is 1. The number of carbonyl (C=O) groups is 2. The molecular formula is C55H81N5O5. The van der Waals surface area contributed by atoms with Crippen LogP contribution in [0.2, 0.25) is 0 Å². The molecule has 2 aromatic rings. The van der Waals surface area contributed by atoms with Crippen molar-refractivity contribution < 1.29 is 24.2 Å². The Morgan fingerprint density at radius 2 is 1.63 bits per heavy atom. The molecule has 0 amide bonds. The summed E-state index contributed by atoms with van der Waals surface area (Å²) in [5.74, 6) is 0.261. The molecule has 0 aromatic carbocycles. The van der Waals surface area contributed by atoms with Gasteiger partial charge in [0.15, 0.2) is 0 Å². The largest absolute Gasteiger partial charge is 0.511 e. The van der Waals surface area contributed by atoms with E-state index in [0.717, 1.165) is 81.4 Å². The molecule has 0 radical (unpaired) electrons. The molecule has 6 rings (SSSR count). The Bertz CT molecular complexity index is 2330. The lowest BCUT2D eigenvalue weighted by atomic mass is 9.79. The Hall–Kier alpha value is -4.54. The number of methoxy groups -OCH3 is 1. The SMILES string of the molecule is C=Cc1c(C)/c2[nH]/c1=C\c1[nH]c(c(CC)c1C)/C=C1\NC3=C(C4NC(\C=2)[C@@H](C)[C@@H]4CCC(=O)OC/C=C(\C)CCC[C@H](C)CCC[C@H](C)CCCC(C)C)[C@@H](C(=O)OC)C(O)=C3[C@@]1(C)N. The van der Waals surface area contributed by atoms with Gasteiger partial charge in [0.25, 0.3) is 0 Å². The zero-order chi connectivity index (χ0) is 47.3. The van der Waals surface area contributed by atoms with Gasteiger partial charge in [-0.15, -0.1) is 0 Å². The molecule has 7 N–H and O–H groups in total. The van der Waals surface area contributed by atoms with Crippen molar-refractivity contribution in [3.05, 3.63) is 90.9 Å². The second-order valence-corrected chi connectivity index (χ2v) is 20.7. The van der Waals surface area contributed by atoms with Crippen molar-refractivity contribution in [3.63, 3.8) is 0 Å². The van der Waals surface area contributed by atoms with Crippen molar-refractivity contribution >= 4 is 36.2 Å². The van der Waals surface area contributed by atoms with E-state index in [0.29, 0.717) is 29.0 Å². The van der Waals surface area contributed by atoms with E-state index in [1.807, 2.05) is 19.1 Å². The normalized spacial score (nSPS) is 26.6.